The van der Waals surface area contributed by atoms with Gasteiger partial charge in [0.1, 0.15) is 5.82 Å². The Morgan fingerprint density at radius 1 is 1.24 bits per heavy atom. The number of aliphatic hydroxyl groups excluding tert-OH is 1. The van der Waals surface area contributed by atoms with E-state index in [0.717, 1.165) is 10.5 Å². The van der Waals surface area contributed by atoms with E-state index in [-0.39, 0.29) is 16.0 Å². The summed E-state index contributed by atoms with van der Waals surface area (Å²) in [6.07, 6.45) is 0. The highest BCUT2D eigenvalue weighted by atomic mass is 79.9. The molecule has 2 aromatic carbocycles. The third-order valence-electron chi connectivity index (χ3n) is 2.92. The summed E-state index contributed by atoms with van der Waals surface area (Å²) in [5.74, 6) is -0.669. The van der Waals surface area contributed by atoms with Gasteiger partial charge < -0.3 is 5.11 Å². The normalized spacial score (nSPS) is 11.4. The monoisotopic (exact) mass is 373 g/mol. The molecule has 2 aromatic rings. The number of hydrogen-bond donors (Lipinski definition) is 2. The van der Waals surface area contributed by atoms with Crippen molar-refractivity contribution >= 4 is 31.6 Å². The maximum Gasteiger partial charge on any atom is 0.262 e. The van der Waals surface area contributed by atoms with Crippen molar-refractivity contribution in [2.24, 2.45) is 0 Å². The van der Waals surface area contributed by atoms with E-state index >= 15 is 0 Å². The van der Waals surface area contributed by atoms with Crippen molar-refractivity contribution in [2.75, 3.05) is 4.72 Å². The lowest BCUT2D eigenvalue weighted by atomic mass is 10.1. The molecule has 0 bridgehead atoms. The van der Waals surface area contributed by atoms with Gasteiger partial charge in [0.05, 0.1) is 11.5 Å². The van der Waals surface area contributed by atoms with E-state index in [2.05, 4.69) is 20.7 Å². The molecule has 0 unspecified atom stereocenters. The smallest absolute Gasteiger partial charge is 0.262 e. The van der Waals surface area contributed by atoms with Gasteiger partial charge in [-0.05, 0) is 48.9 Å². The van der Waals surface area contributed by atoms with Gasteiger partial charge in [0.2, 0.25) is 0 Å². The molecule has 0 aromatic heterocycles. The fourth-order valence-electron chi connectivity index (χ4n) is 1.81. The minimum absolute atomic E-state index is 0.0109. The molecule has 0 saturated heterocycles. The van der Waals surface area contributed by atoms with Gasteiger partial charge in [-0.25, -0.2) is 12.8 Å². The Bertz CT molecular complexity index is 761. The first-order valence-electron chi connectivity index (χ1n) is 6.02. The lowest BCUT2D eigenvalue weighted by Crippen LogP contribution is -2.15. The molecule has 0 aliphatic rings. The predicted octanol–water partition coefficient (Wildman–Crippen LogP) is 3.19. The summed E-state index contributed by atoms with van der Waals surface area (Å²) in [5.41, 5.74) is 0.582. The summed E-state index contributed by atoms with van der Waals surface area (Å²) in [6, 6.07) is 8.94. The number of nitrogens with one attached hydrogen (secondary N) is 1. The molecule has 112 valence electrons. The second-order valence-electron chi connectivity index (χ2n) is 4.47. The Morgan fingerprint density at radius 2 is 1.86 bits per heavy atom. The molecule has 2 N–H and O–H groups in total. The second kappa shape index (κ2) is 6.13. The van der Waals surface area contributed by atoms with Gasteiger partial charge in [-0.2, -0.15) is 0 Å². The van der Waals surface area contributed by atoms with Gasteiger partial charge in [-0.1, -0.05) is 15.9 Å². The summed E-state index contributed by atoms with van der Waals surface area (Å²) < 4.78 is 41.7. The topological polar surface area (TPSA) is 66.4 Å². The van der Waals surface area contributed by atoms with Crippen molar-refractivity contribution in [2.45, 2.75) is 18.4 Å². The molecule has 0 radical (unpaired) electrons. The number of rotatable bonds is 4. The largest absolute Gasteiger partial charge is 0.392 e. The van der Waals surface area contributed by atoms with Crippen LogP contribution in [0.5, 0.6) is 0 Å². The van der Waals surface area contributed by atoms with Gasteiger partial charge in [-0.3, -0.25) is 4.72 Å². The van der Waals surface area contributed by atoms with Crippen LogP contribution in [0.3, 0.4) is 0 Å². The summed E-state index contributed by atoms with van der Waals surface area (Å²) in [7, 11) is -3.93. The van der Waals surface area contributed by atoms with E-state index in [1.807, 2.05) is 0 Å². The Kier molecular flexibility index (Phi) is 4.65. The highest BCUT2D eigenvalue weighted by molar-refractivity contribution is 9.10. The molecular weight excluding hydrogens is 361 g/mol. The van der Waals surface area contributed by atoms with E-state index < -0.39 is 22.4 Å². The van der Waals surface area contributed by atoms with Crippen LogP contribution in [-0.2, 0) is 16.6 Å². The molecule has 2 rings (SSSR count). The minimum Gasteiger partial charge on any atom is -0.392 e. The zero-order chi connectivity index (χ0) is 15.6. The van der Waals surface area contributed by atoms with Crippen LogP contribution in [0.4, 0.5) is 10.1 Å². The van der Waals surface area contributed by atoms with Crippen LogP contribution in [0.2, 0.25) is 0 Å². The molecule has 4 nitrogen and oxygen atoms in total. The number of hydrogen-bond acceptors (Lipinski definition) is 3. The quantitative estimate of drug-likeness (QED) is 0.864. The molecule has 0 fully saturated rings. The Morgan fingerprint density at radius 3 is 2.43 bits per heavy atom. The van der Waals surface area contributed by atoms with Crippen LogP contribution in [0.15, 0.2) is 45.8 Å². The van der Waals surface area contributed by atoms with Crippen molar-refractivity contribution in [3.8, 4) is 0 Å². The summed E-state index contributed by atoms with van der Waals surface area (Å²) in [5, 5.41) is 9.08. The maximum atomic E-state index is 13.7. The molecule has 0 aliphatic heterocycles. The van der Waals surface area contributed by atoms with Crippen LogP contribution in [0, 0.1) is 12.7 Å². The van der Waals surface area contributed by atoms with E-state index in [1.165, 1.54) is 13.0 Å². The van der Waals surface area contributed by atoms with E-state index in [4.69, 9.17) is 5.11 Å². The molecule has 21 heavy (non-hydrogen) atoms. The molecule has 0 heterocycles. The Balaban J connectivity index is 2.44. The van der Waals surface area contributed by atoms with Gasteiger partial charge in [-0.15, -0.1) is 0 Å². The third kappa shape index (κ3) is 3.61. The van der Waals surface area contributed by atoms with Gasteiger partial charge in [0.25, 0.3) is 10.0 Å². The van der Waals surface area contributed by atoms with Crippen LogP contribution in [0.1, 0.15) is 11.1 Å². The lowest BCUT2D eigenvalue weighted by Gasteiger charge is -2.12. The molecule has 0 aliphatic carbocycles. The second-order valence-corrected chi connectivity index (χ2v) is 7.04. The molecule has 0 saturated carbocycles. The lowest BCUT2D eigenvalue weighted by molar-refractivity contribution is 0.281. The number of sulfonamides is 1. The average molecular weight is 374 g/mol. The number of benzene rings is 2. The molecule has 0 atom stereocenters. The van der Waals surface area contributed by atoms with E-state index in [9.17, 15) is 12.8 Å². The SMILES string of the molecule is Cc1c(F)cc(CO)cc1S(=O)(=O)Nc1ccc(Br)cc1. The zero-order valence-electron chi connectivity index (χ0n) is 11.1. The van der Waals surface area contributed by atoms with E-state index in [0.29, 0.717) is 5.69 Å². The van der Waals surface area contributed by atoms with Crippen molar-refractivity contribution in [1.82, 2.24) is 0 Å². The van der Waals surface area contributed by atoms with Gasteiger partial charge in [0.15, 0.2) is 0 Å². The fourth-order valence-corrected chi connectivity index (χ4v) is 3.43. The Labute approximate surface area is 130 Å². The first-order chi connectivity index (χ1) is 9.83. The first-order valence-corrected chi connectivity index (χ1v) is 8.29. The highest BCUT2D eigenvalue weighted by Crippen LogP contribution is 2.24. The summed E-state index contributed by atoms with van der Waals surface area (Å²) in [6.45, 7) is 0.949. The van der Waals surface area contributed by atoms with Crippen LogP contribution >= 0.6 is 15.9 Å². The number of anilines is 1. The first kappa shape index (κ1) is 15.9. The van der Waals surface area contributed by atoms with Crippen molar-refractivity contribution in [3.05, 3.63) is 57.8 Å². The molecular formula is C14H13BrFNO3S. The summed E-state index contributed by atoms with van der Waals surface area (Å²) in [4.78, 5) is -0.186. The third-order valence-corrected chi connectivity index (χ3v) is 4.96. The fraction of sp³-hybridized carbons (Fsp3) is 0.143. The van der Waals surface area contributed by atoms with Crippen molar-refractivity contribution < 1.29 is 17.9 Å². The molecule has 0 amide bonds. The van der Waals surface area contributed by atoms with Crippen LogP contribution in [0.25, 0.3) is 0 Å². The minimum atomic E-state index is -3.93. The van der Waals surface area contributed by atoms with Crippen LogP contribution < -0.4 is 4.72 Å². The average Bonchev–Trinajstić information content (AvgIpc) is 2.43. The van der Waals surface area contributed by atoms with Crippen molar-refractivity contribution in [3.63, 3.8) is 0 Å². The standard InChI is InChI=1S/C14H13BrFNO3S/c1-9-13(16)6-10(8-18)7-14(9)21(19,20)17-12-4-2-11(15)3-5-12/h2-7,17-18H,8H2,1H3. The highest BCUT2D eigenvalue weighted by Gasteiger charge is 2.20. The molecule has 7 heteroatoms. The predicted molar refractivity (Wildman–Crippen MR) is 82.0 cm³/mol. The van der Waals surface area contributed by atoms with Crippen LogP contribution in [-0.4, -0.2) is 13.5 Å². The van der Waals surface area contributed by atoms with Gasteiger partial charge >= 0.3 is 0 Å². The van der Waals surface area contributed by atoms with E-state index in [1.54, 1.807) is 24.3 Å². The zero-order valence-corrected chi connectivity index (χ0v) is 13.5. The number of aliphatic hydroxyl groups is 1. The van der Waals surface area contributed by atoms with Crippen molar-refractivity contribution in [1.29, 1.82) is 0 Å². The Hall–Kier alpha value is -1.44. The summed E-state index contributed by atoms with van der Waals surface area (Å²) >= 11 is 3.26. The van der Waals surface area contributed by atoms with Gasteiger partial charge in [0, 0.05) is 15.7 Å². The maximum absolute atomic E-state index is 13.7. The molecule has 0 spiro atoms. The number of halogens is 2.